The predicted octanol–water partition coefficient (Wildman–Crippen LogP) is 1.84. The lowest BCUT2D eigenvalue weighted by molar-refractivity contribution is 0.701. The molecule has 0 bridgehead atoms. The fourth-order valence-electron chi connectivity index (χ4n) is 3.52. The molecular formula is C18H20BrN5O2. The van der Waals surface area contributed by atoms with Crippen LogP contribution in [0.15, 0.2) is 38.3 Å². The van der Waals surface area contributed by atoms with Gasteiger partial charge in [0.05, 0.1) is 6.54 Å². The number of aryl methyl sites for hydroxylation is 1. The molecule has 4 rings (SSSR count). The lowest BCUT2D eigenvalue weighted by Crippen LogP contribution is -2.37. The topological polar surface area (TPSA) is 65.1 Å². The van der Waals surface area contributed by atoms with Gasteiger partial charge in [0.25, 0.3) is 5.56 Å². The molecule has 0 saturated carbocycles. The van der Waals surface area contributed by atoms with Crippen LogP contribution >= 0.6 is 15.9 Å². The molecule has 0 aliphatic carbocycles. The zero-order valence-corrected chi connectivity index (χ0v) is 16.4. The standard InChI is InChI=1S/C18H20BrN5O2/c1-21-15-14(16(25)22(2)18(21)26)24(11-12-5-7-13(19)8-6-12)17(20-15)23-9-3-4-10-23/h5-8H,3-4,9-11H2,1-2H3. The normalized spacial score (nSPS) is 14.5. The first-order valence-electron chi connectivity index (χ1n) is 8.63. The van der Waals surface area contributed by atoms with Crippen molar-refractivity contribution >= 4 is 33.0 Å². The fraction of sp³-hybridized carbons (Fsp3) is 0.389. The minimum atomic E-state index is -0.358. The van der Waals surface area contributed by atoms with Gasteiger partial charge in [-0.1, -0.05) is 28.1 Å². The average Bonchev–Trinajstić information content (AvgIpc) is 3.28. The smallest absolute Gasteiger partial charge is 0.332 e. The minimum absolute atomic E-state index is 0.307. The van der Waals surface area contributed by atoms with Crippen molar-refractivity contribution in [2.45, 2.75) is 19.4 Å². The molecule has 7 nitrogen and oxygen atoms in total. The minimum Gasteiger partial charge on any atom is -0.342 e. The number of halogens is 1. The molecule has 3 aromatic rings. The Morgan fingerprint density at radius 3 is 2.35 bits per heavy atom. The third kappa shape index (κ3) is 2.68. The maximum atomic E-state index is 12.9. The van der Waals surface area contributed by atoms with Crippen molar-refractivity contribution in [3.63, 3.8) is 0 Å². The van der Waals surface area contributed by atoms with Crippen molar-refractivity contribution in [2.75, 3.05) is 18.0 Å². The van der Waals surface area contributed by atoms with E-state index in [1.807, 2.05) is 28.8 Å². The maximum Gasteiger partial charge on any atom is 0.332 e. The molecule has 0 atom stereocenters. The van der Waals surface area contributed by atoms with Crippen LogP contribution in [0.4, 0.5) is 5.95 Å². The highest BCUT2D eigenvalue weighted by atomic mass is 79.9. The first-order valence-corrected chi connectivity index (χ1v) is 9.42. The van der Waals surface area contributed by atoms with E-state index in [9.17, 15) is 9.59 Å². The van der Waals surface area contributed by atoms with Crippen LogP contribution in [0, 0.1) is 0 Å². The van der Waals surface area contributed by atoms with Gasteiger partial charge in [-0.25, -0.2) is 4.79 Å². The van der Waals surface area contributed by atoms with Crippen molar-refractivity contribution in [3.8, 4) is 0 Å². The van der Waals surface area contributed by atoms with Crippen LogP contribution in [0.2, 0.25) is 0 Å². The second kappa shape index (κ2) is 6.42. The van der Waals surface area contributed by atoms with E-state index in [1.165, 1.54) is 11.6 Å². The van der Waals surface area contributed by atoms with Gasteiger partial charge < -0.3 is 4.90 Å². The summed E-state index contributed by atoms with van der Waals surface area (Å²) in [5.74, 6) is 0.763. The number of fused-ring (bicyclic) bond motifs is 1. The number of anilines is 1. The van der Waals surface area contributed by atoms with Gasteiger partial charge in [0.1, 0.15) is 0 Å². The molecule has 26 heavy (non-hydrogen) atoms. The average molecular weight is 418 g/mol. The summed E-state index contributed by atoms with van der Waals surface area (Å²) in [6.07, 6.45) is 2.22. The van der Waals surface area contributed by atoms with Crippen LogP contribution in [-0.4, -0.2) is 31.8 Å². The van der Waals surface area contributed by atoms with Crippen molar-refractivity contribution in [1.29, 1.82) is 0 Å². The third-order valence-corrected chi connectivity index (χ3v) is 5.50. The van der Waals surface area contributed by atoms with E-state index >= 15 is 0 Å². The van der Waals surface area contributed by atoms with E-state index in [-0.39, 0.29) is 11.2 Å². The first kappa shape index (κ1) is 17.1. The molecule has 0 radical (unpaired) electrons. The van der Waals surface area contributed by atoms with Crippen LogP contribution in [0.1, 0.15) is 18.4 Å². The molecule has 0 spiro atoms. The lowest BCUT2D eigenvalue weighted by atomic mass is 10.2. The van der Waals surface area contributed by atoms with E-state index in [1.54, 1.807) is 7.05 Å². The van der Waals surface area contributed by atoms with Crippen LogP contribution in [0.25, 0.3) is 11.2 Å². The van der Waals surface area contributed by atoms with Crippen LogP contribution in [-0.2, 0) is 20.6 Å². The Hall–Kier alpha value is -2.35. The van der Waals surface area contributed by atoms with Crippen molar-refractivity contribution in [1.82, 2.24) is 18.7 Å². The molecule has 1 aromatic carbocycles. The maximum absolute atomic E-state index is 12.9. The third-order valence-electron chi connectivity index (χ3n) is 4.97. The van der Waals surface area contributed by atoms with E-state index in [4.69, 9.17) is 4.98 Å². The molecule has 3 heterocycles. The summed E-state index contributed by atoms with van der Waals surface area (Å²) in [5, 5.41) is 0. The Kier molecular flexibility index (Phi) is 4.22. The Morgan fingerprint density at radius 1 is 1.04 bits per heavy atom. The molecule has 1 fully saturated rings. The number of hydrogen-bond acceptors (Lipinski definition) is 4. The lowest BCUT2D eigenvalue weighted by Gasteiger charge is -2.18. The van der Waals surface area contributed by atoms with Crippen LogP contribution in [0.5, 0.6) is 0 Å². The molecule has 136 valence electrons. The molecule has 2 aromatic heterocycles. The van der Waals surface area contributed by atoms with Gasteiger partial charge >= 0.3 is 5.69 Å². The van der Waals surface area contributed by atoms with Gasteiger partial charge in [-0.2, -0.15) is 4.98 Å². The van der Waals surface area contributed by atoms with Crippen LogP contribution < -0.4 is 16.1 Å². The second-order valence-electron chi connectivity index (χ2n) is 6.70. The Balaban J connectivity index is 1.98. The van der Waals surface area contributed by atoms with Crippen molar-refractivity contribution in [3.05, 3.63) is 55.1 Å². The molecule has 0 amide bonds. The van der Waals surface area contributed by atoms with Gasteiger partial charge in [0.2, 0.25) is 5.95 Å². The summed E-state index contributed by atoms with van der Waals surface area (Å²) in [5.41, 5.74) is 1.32. The van der Waals surface area contributed by atoms with Gasteiger partial charge in [0, 0.05) is 31.7 Å². The van der Waals surface area contributed by atoms with E-state index in [0.29, 0.717) is 17.7 Å². The highest BCUT2D eigenvalue weighted by molar-refractivity contribution is 9.10. The van der Waals surface area contributed by atoms with E-state index < -0.39 is 0 Å². The SMILES string of the molecule is Cn1c(=O)c2c(nc(N3CCCC3)n2Cc2ccc(Br)cc2)n(C)c1=O. The van der Waals surface area contributed by atoms with Crippen molar-refractivity contribution in [2.24, 2.45) is 14.1 Å². The number of imidazole rings is 1. The molecule has 0 unspecified atom stereocenters. The number of aromatic nitrogens is 4. The number of hydrogen-bond donors (Lipinski definition) is 0. The summed E-state index contributed by atoms with van der Waals surface area (Å²) >= 11 is 3.45. The van der Waals surface area contributed by atoms with Gasteiger partial charge in [-0.15, -0.1) is 0 Å². The molecule has 1 aliphatic heterocycles. The second-order valence-corrected chi connectivity index (χ2v) is 7.61. The Bertz CT molecular complexity index is 1090. The van der Waals surface area contributed by atoms with Gasteiger partial charge in [-0.05, 0) is 30.5 Å². The van der Waals surface area contributed by atoms with Gasteiger partial charge in [-0.3, -0.25) is 18.5 Å². The predicted molar refractivity (Wildman–Crippen MR) is 105 cm³/mol. The fourth-order valence-corrected chi connectivity index (χ4v) is 3.78. The summed E-state index contributed by atoms with van der Waals surface area (Å²) in [6, 6.07) is 8.02. The van der Waals surface area contributed by atoms with E-state index in [2.05, 4.69) is 20.8 Å². The number of rotatable bonds is 3. The summed E-state index contributed by atoms with van der Waals surface area (Å²) in [4.78, 5) is 32.1. The zero-order valence-electron chi connectivity index (χ0n) is 14.8. The first-order chi connectivity index (χ1) is 12.5. The quantitative estimate of drug-likeness (QED) is 0.651. The monoisotopic (exact) mass is 417 g/mol. The number of nitrogens with zero attached hydrogens (tertiary/aromatic N) is 5. The highest BCUT2D eigenvalue weighted by Crippen LogP contribution is 2.24. The van der Waals surface area contributed by atoms with Crippen LogP contribution in [0.3, 0.4) is 0 Å². The Labute approximate surface area is 158 Å². The molecule has 0 N–H and O–H groups in total. The zero-order chi connectivity index (χ0) is 18.4. The summed E-state index contributed by atoms with van der Waals surface area (Å²) in [7, 11) is 3.17. The molecule has 1 saturated heterocycles. The molecule has 1 aliphatic rings. The largest absolute Gasteiger partial charge is 0.342 e. The summed E-state index contributed by atoms with van der Waals surface area (Å²) < 4.78 is 5.56. The number of benzene rings is 1. The summed E-state index contributed by atoms with van der Waals surface area (Å²) in [6.45, 7) is 2.36. The Morgan fingerprint density at radius 2 is 1.69 bits per heavy atom. The van der Waals surface area contributed by atoms with E-state index in [0.717, 1.165) is 46.5 Å². The van der Waals surface area contributed by atoms with Gasteiger partial charge in [0.15, 0.2) is 11.2 Å². The van der Waals surface area contributed by atoms with Crippen molar-refractivity contribution < 1.29 is 0 Å². The molecule has 8 heteroatoms. The highest BCUT2D eigenvalue weighted by Gasteiger charge is 2.24. The molecular weight excluding hydrogens is 398 g/mol.